The predicted molar refractivity (Wildman–Crippen MR) is 145 cm³/mol. The molecule has 1 amide bonds. The van der Waals surface area contributed by atoms with E-state index in [9.17, 15) is 4.79 Å². The average molecular weight is 522 g/mol. The Hall–Kier alpha value is -3.47. The van der Waals surface area contributed by atoms with Crippen molar-refractivity contribution in [1.29, 1.82) is 0 Å². The standard InChI is InChI=1S/C27H31N5O4S/c1-34-17-24(33)29-21-15-18(10-11-23(21)35-2)32-26(25(30-27(32)37)20-8-3-4-12-28-20)22-9-5-13-31(22)16-19-7-6-14-36-19/h3-5,8-13,15,19,25-26H,6-7,14,16-17H2,1-2H3,(H,29,33)(H,30,37)/t19-,25-,26+/m1/s1. The summed E-state index contributed by atoms with van der Waals surface area (Å²) in [7, 11) is 3.05. The maximum Gasteiger partial charge on any atom is 0.250 e. The summed E-state index contributed by atoms with van der Waals surface area (Å²) in [5, 5.41) is 6.95. The van der Waals surface area contributed by atoms with Gasteiger partial charge in [-0.3, -0.25) is 9.78 Å². The molecule has 5 rings (SSSR count). The van der Waals surface area contributed by atoms with Crippen molar-refractivity contribution in [2.24, 2.45) is 0 Å². The van der Waals surface area contributed by atoms with Crippen molar-refractivity contribution in [2.75, 3.05) is 37.7 Å². The van der Waals surface area contributed by atoms with Crippen LogP contribution in [0.1, 0.15) is 36.3 Å². The third-order valence-electron chi connectivity index (χ3n) is 6.70. The number of pyridine rings is 1. The lowest BCUT2D eigenvalue weighted by atomic mass is 10.0. The minimum atomic E-state index is -0.270. The van der Waals surface area contributed by atoms with Crippen LogP contribution in [0.15, 0.2) is 60.9 Å². The Morgan fingerprint density at radius 1 is 1.24 bits per heavy atom. The molecule has 3 atom stereocenters. The monoisotopic (exact) mass is 521 g/mol. The SMILES string of the molecule is COCC(=O)Nc1cc(N2C(=S)N[C@H](c3ccccn3)[C@@H]2c2cccn2C[C@H]2CCCO2)ccc1OC. The number of hydrogen-bond donors (Lipinski definition) is 2. The molecule has 2 aliphatic rings. The molecule has 0 radical (unpaired) electrons. The van der Waals surface area contributed by atoms with Gasteiger partial charge in [0.15, 0.2) is 5.11 Å². The van der Waals surface area contributed by atoms with E-state index in [1.54, 1.807) is 13.3 Å². The van der Waals surface area contributed by atoms with Crippen LogP contribution < -0.4 is 20.3 Å². The van der Waals surface area contributed by atoms with Gasteiger partial charge < -0.3 is 34.3 Å². The second-order valence-corrected chi connectivity index (χ2v) is 9.47. The lowest BCUT2D eigenvalue weighted by molar-refractivity contribution is -0.119. The first-order valence-electron chi connectivity index (χ1n) is 12.3. The maximum absolute atomic E-state index is 12.3. The van der Waals surface area contributed by atoms with Gasteiger partial charge in [-0.2, -0.15) is 0 Å². The van der Waals surface area contributed by atoms with Gasteiger partial charge in [0.2, 0.25) is 5.91 Å². The number of nitrogens with one attached hydrogen (secondary N) is 2. The zero-order chi connectivity index (χ0) is 25.8. The van der Waals surface area contributed by atoms with Crippen LogP contribution in [0.25, 0.3) is 0 Å². The first-order chi connectivity index (χ1) is 18.1. The summed E-state index contributed by atoms with van der Waals surface area (Å²) >= 11 is 5.89. The molecule has 2 N–H and O–H groups in total. The zero-order valence-electron chi connectivity index (χ0n) is 20.9. The first kappa shape index (κ1) is 25.2. The smallest absolute Gasteiger partial charge is 0.250 e. The fraction of sp³-hybridized carbons (Fsp3) is 0.370. The second-order valence-electron chi connectivity index (χ2n) is 9.08. The van der Waals surface area contributed by atoms with Gasteiger partial charge in [0.25, 0.3) is 0 Å². The third-order valence-corrected chi connectivity index (χ3v) is 7.02. The number of rotatable bonds is 9. The lowest BCUT2D eigenvalue weighted by Crippen LogP contribution is -2.31. The molecule has 2 aromatic heterocycles. The number of anilines is 2. The van der Waals surface area contributed by atoms with E-state index < -0.39 is 0 Å². The van der Waals surface area contributed by atoms with Gasteiger partial charge in [-0.15, -0.1) is 0 Å². The van der Waals surface area contributed by atoms with Crippen LogP contribution in [0.3, 0.4) is 0 Å². The molecule has 2 saturated heterocycles. The number of carbonyl (C=O) groups excluding carboxylic acids is 1. The van der Waals surface area contributed by atoms with Crippen molar-refractivity contribution < 1.29 is 19.0 Å². The molecular formula is C27H31N5O4S. The van der Waals surface area contributed by atoms with E-state index >= 15 is 0 Å². The van der Waals surface area contributed by atoms with Crippen molar-refractivity contribution in [3.8, 4) is 5.75 Å². The fourth-order valence-electron chi connectivity index (χ4n) is 5.06. The molecule has 37 heavy (non-hydrogen) atoms. The number of ether oxygens (including phenoxy) is 3. The molecule has 9 nitrogen and oxygen atoms in total. The zero-order valence-corrected chi connectivity index (χ0v) is 21.7. The molecule has 0 aliphatic carbocycles. The highest BCUT2D eigenvalue weighted by atomic mass is 32.1. The normalized spacial score (nSPS) is 21.2. The quantitative estimate of drug-likeness (QED) is 0.411. The molecule has 194 valence electrons. The summed E-state index contributed by atoms with van der Waals surface area (Å²) in [5.41, 5.74) is 3.35. The number of aromatic nitrogens is 2. The fourth-order valence-corrected chi connectivity index (χ4v) is 5.41. The molecule has 0 unspecified atom stereocenters. The van der Waals surface area contributed by atoms with Crippen LogP contribution in [0.4, 0.5) is 11.4 Å². The molecule has 0 saturated carbocycles. The van der Waals surface area contributed by atoms with E-state index in [1.165, 1.54) is 7.11 Å². The van der Waals surface area contributed by atoms with Gasteiger partial charge in [-0.05, 0) is 67.5 Å². The molecule has 10 heteroatoms. The Morgan fingerprint density at radius 3 is 2.86 bits per heavy atom. The van der Waals surface area contributed by atoms with E-state index in [-0.39, 0.29) is 30.7 Å². The van der Waals surface area contributed by atoms with Crippen LogP contribution in [0, 0.1) is 0 Å². The number of benzene rings is 1. The van der Waals surface area contributed by atoms with Crippen molar-refractivity contribution in [3.05, 3.63) is 72.3 Å². The number of hydrogen-bond acceptors (Lipinski definition) is 6. The number of methoxy groups -OCH3 is 2. The van der Waals surface area contributed by atoms with Crippen molar-refractivity contribution in [2.45, 2.75) is 37.6 Å². The minimum absolute atomic E-state index is 0.0573. The highest BCUT2D eigenvalue weighted by Crippen LogP contribution is 2.43. The van der Waals surface area contributed by atoms with E-state index in [0.717, 1.165) is 43.1 Å². The molecular weight excluding hydrogens is 490 g/mol. The van der Waals surface area contributed by atoms with Crippen molar-refractivity contribution in [3.63, 3.8) is 0 Å². The summed E-state index contributed by atoms with van der Waals surface area (Å²) in [6, 6.07) is 15.4. The molecule has 2 aliphatic heterocycles. The summed E-state index contributed by atoms with van der Waals surface area (Å²) < 4.78 is 18.7. The Labute approximate surface area is 221 Å². The topological polar surface area (TPSA) is 89.9 Å². The van der Waals surface area contributed by atoms with E-state index in [2.05, 4.69) is 43.4 Å². The van der Waals surface area contributed by atoms with Crippen LogP contribution in [-0.2, 0) is 20.8 Å². The average Bonchev–Trinajstić information content (AvgIpc) is 3.65. The predicted octanol–water partition coefficient (Wildman–Crippen LogP) is 3.83. The molecule has 1 aromatic carbocycles. The third kappa shape index (κ3) is 5.31. The van der Waals surface area contributed by atoms with Gasteiger partial charge in [0.1, 0.15) is 18.4 Å². The van der Waals surface area contributed by atoms with Gasteiger partial charge in [0, 0.05) is 44.0 Å². The van der Waals surface area contributed by atoms with Crippen LogP contribution in [0.2, 0.25) is 0 Å². The van der Waals surface area contributed by atoms with Gasteiger partial charge in [-0.1, -0.05) is 6.07 Å². The van der Waals surface area contributed by atoms with Gasteiger partial charge in [-0.25, -0.2) is 0 Å². The molecule has 2 fully saturated rings. The van der Waals surface area contributed by atoms with Gasteiger partial charge >= 0.3 is 0 Å². The van der Waals surface area contributed by atoms with Crippen molar-refractivity contribution >= 4 is 34.6 Å². The summed E-state index contributed by atoms with van der Waals surface area (Å²) in [6.07, 6.45) is 6.22. The second kappa shape index (κ2) is 11.3. The largest absolute Gasteiger partial charge is 0.495 e. The number of carbonyl (C=O) groups is 1. The highest BCUT2D eigenvalue weighted by molar-refractivity contribution is 7.80. The van der Waals surface area contributed by atoms with Crippen molar-refractivity contribution in [1.82, 2.24) is 14.9 Å². The van der Waals surface area contributed by atoms with Crippen LogP contribution >= 0.6 is 12.2 Å². The first-order valence-corrected chi connectivity index (χ1v) is 12.7. The van der Waals surface area contributed by atoms with Crippen LogP contribution in [-0.4, -0.2) is 54.1 Å². The number of thiocarbonyl (C=S) groups is 1. The Kier molecular flexibility index (Phi) is 7.68. The molecule has 4 heterocycles. The summed E-state index contributed by atoms with van der Waals surface area (Å²) in [6.45, 7) is 1.52. The van der Waals surface area contributed by atoms with E-state index in [4.69, 9.17) is 26.4 Å². The Bertz CT molecular complexity index is 1240. The summed E-state index contributed by atoms with van der Waals surface area (Å²) in [5.74, 6) is 0.277. The van der Waals surface area contributed by atoms with Crippen LogP contribution in [0.5, 0.6) is 5.75 Å². The minimum Gasteiger partial charge on any atom is -0.495 e. The van der Waals surface area contributed by atoms with E-state index in [1.807, 2.05) is 36.4 Å². The number of amides is 1. The lowest BCUT2D eigenvalue weighted by Gasteiger charge is -2.30. The Morgan fingerprint density at radius 2 is 2.14 bits per heavy atom. The summed E-state index contributed by atoms with van der Waals surface area (Å²) in [4.78, 5) is 19.0. The molecule has 0 spiro atoms. The Balaban J connectivity index is 1.56. The molecule has 3 aromatic rings. The maximum atomic E-state index is 12.3. The highest BCUT2D eigenvalue weighted by Gasteiger charge is 2.42. The van der Waals surface area contributed by atoms with Gasteiger partial charge in [0.05, 0.1) is 30.6 Å². The molecule has 0 bridgehead atoms. The number of nitrogens with zero attached hydrogens (tertiary/aromatic N) is 3. The van der Waals surface area contributed by atoms with E-state index in [0.29, 0.717) is 16.5 Å².